The Balaban J connectivity index is 2.02. The highest BCUT2D eigenvalue weighted by Gasteiger charge is 2.30. The zero-order valence-electron chi connectivity index (χ0n) is 11.3. The lowest BCUT2D eigenvalue weighted by atomic mass is 9.84. The van der Waals surface area contributed by atoms with Crippen LogP contribution in [0.3, 0.4) is 0 Å². The fourth-order valence-electron chi connectivity index (χ4n) is 2.72. The van der Waals surface area contributed by atoms with E-state index in [0.717, 1.165) is 12.8 Å². The summed E-state index contributed by atoms with van der Waals surface area (Å²) in [5.41, 5.74) is 0.373. The van der Waals surface area contributed by atoms with Crippen LogP contribution < -0.4 is 0 Å². The first-order valence-electron chi connectivity index (χ1n) is 6.73. The average Bonchev–Trinajstić information content (AvgIpc) is 2.83. The molecule has 1 aromatic heterocycles. The number of carboxylic acids is 1. The summed E-state index contributed by atoms with van der Waals surface area (Å²) in [5, 5.41) is 8.97. The number of piperidine rings is 1. The number of likely N-dealkylation sites (tertiary alicyclic amines) is 1. The molecule has 1 fully saturated rings. The molecule has 0 radical (unpaired) electrons. The van der Waals surface area contributed by atoms with Gasteiger partial charge in [-0.3, -0.25) is 9.59 Å². The van der Waals surface area contributed by atoms with Crippen LogP contribution in [-0.4, -0.2) is 35.0 Å². The van der Waals surface area contributed by atoms with Crippen molar-refractivity contribution in [3.63, 3.8) is 0 Å². The average molecular weight is 300 g/mol. The lowest BCUT2D eigenvalue weighted by molar-refractivity contribution is -0.138. The molecule has 1 aliphatic heterocycles. The number of hydrogen-bond donors (Lipinski definition) is 1. The molecule has 0 spiro atoms. The number of rotatable bonds is 4. The standard InChI is InChI=1S/C14H18ClNO4/c1-9(7-12(17)18)10-3-2-5-16(8-10)14(19)11-4-6-20-13(11)15/h4,6,9-10H,2-3,5,7-8H2,1H3,(H,17,18). The molecule has 2 rings (SSSR count). The number of amides is 1. The minimum Gasteiger partial charge on any atom is -0.481 e. The van der Waals surface area contributed by atoms with Gasteiger partial charge in [-0.2, -0.15) is 0 Å². The predicted molar refractivity (Wildman–Crippen MR) is 73.8 cm³/mol. The van der Waals surface area contributed by atoms with Crippen LogP contribution in [0.1, 0.15) is 36.5 Å². The van der Waals surface area contributed by atoms with Crippen molar-refractivity contribution < 1.29 is 19.1 Å². The summed E-state index contributed by atoms with van der Waals surface area (Å²) in [6, 6.07) is 1.56. The number of hydrogen-bond acceptors (Lipinski definition) is 3. The largest absolute Gasteiger partial charge is 0.481 e. The molecule has 5 nitrogen and oxygen atoms in total. The molecule has 0 aromatic carbocycles. The highest BCUT2D eigenvalue weighted by atomic mass is 35.5. The van der Waals surface area contributed by atoms with Gasteiger partial charge in [-0.1, -0.05) is 6.92 Å². The molecule has 1 N–H and O–H groups in total. The third-order valence-electron chi connectivity index (χ3n) is 3.89. The van der Waals surface area contributed by atoms with Crippen LogP contribution in [0.25, 0.3) is 0 Å². The number of furan rings is 1. The van der Waals surface area contributed by atoms with Gasteiger partial charge in [0, 0.05) is 19.5 Å². The smallest absolute Gasteiger partial charge is 0.303 e. The minimum atomic E-state index is -0.793. The van der Waals surface area contributed by atoms with Gasteiger partial charge in [0.25, 0.3) is 5.91 Å². The number of nitrogens with zero attached hydrogens (tertiary/aromatic N) is 1. The van der Waals surface area contributed by atoms with Crippen LogP contribution in [0.5, 0.6) is 0 Å². The Hall–Kier alpha value is -1.49. The summed E-state index contributed by atoms with van der Waals surface area (Å²) >= 11 is 5.83. The zero-order valence-corrected chi connectivity index (χ0v) is 12.1. The number of carboxylic acid groups (broad SMARTS) is 1. The van der Waals surface area contributed by atoms with Crippen molar-refractivity contribution in [3.8, 4) is 0 Å². The van der Waals surface area contributed by atoms with Gasteiger partial charge < -0.3 is 14.4 Å². The maximum absolute atomic E-state index is 12.3. The summed E-state index contributed by atoms with van der Waals surface area (Å²) < 4.78 is 4.94. The van der Waals surface area contributed by atoms with Crippen molar-refractivity contribution in [1.29, 1.82) is 0 Å². The van der Waals surface area contributed by atoms with Gasteiger partial charge in [0.1, 0.15) is 0 Å². The van der Waals surface area contributed by atoms with Crippen molar-refractivity contribution in [3.05, 3.63) is 23.1 Å². The van der Waals surface area contributed by atoms with Crippen LogP contribution in [-0.2, 0) is 4.79 Å². The molecule has 0 aliphatic carbocycles. The molecule has 1 saturated heterocycles. The first-order chi connectivity index (χ1) is 9.49. The molecule has 0 saturated carbocycles. The Bertz CT molecular complexity index is 499. The van der Waals surface area contributed by atoms with Gasteiger partial charge >= 0.3 is 5.97 Å². The van der Waals surface area contributed by atoms with Gasteiger partial charge in [-0.25, -0.2) is 0 Å². The first kappa shape index (κ1) is 14.9. The van der Waals surface area contributed by atoms with E-state index in [9.17, 15) is 9.59 Å². The van der Waals surface area contributed by atoms with Gasteiger partial charge in [0.15, 0.2) is 0 Å². The van der Waals surface area contributed by atoms with Gasteiger partial charge in [0.2, 0.25) is 5.22 Å². The van der Waals surface area contributed by atoms with E-state index in [2.05, 4.69) is 0 Å². The fraction of sp³-hybridized carbons (Fsp3) is 0.571. The van der Waals surface area contributed by atoms with E-state index in [0.29, 0.717) is 18.7 Å². The van der Waals surface area contributed by atoms with Crippen LogP contribution >= 0.6 is 11.6 Å². The highest BCUT2D eigenvalue weighted by Crippen LogP contribution is 2.28. The summed E-state index contributed by atoms with van der Waals surface area (Å²) in [6.07, 6.45) is 3.37. The van der Waals surface area contributed by atoms with E-state index in [4.69, 9.17) is 21.1 Å². The normalized spacial score (nSPS) is 20.7. The van der Waals surface area contributed by atoms with Crippen LogP contribution in [0.2, 0.25) is 5.22 Å². The van der Waals surface area contributed by atoms with E-state index < -0.39 is 5.97 Å². The van der Waals surface area contributed by atoms with Gasteiger partial charge in [-0.05, 0) is 42.3 Å². The maximum Gasteiger partial charge on any atom is 0.303 e. The Labute approximate surface area is 122 Å². The van der Waals surface area contributed by atoms with E-state index in [1.54, 1.807) is 11.0 Å². The molecule has 110 valence electrons. The van der Waals surface area contributed by atoms with Crippen molar-refractivity contribution >= 4 is 23.5 Å². The highest BCUT2D eigenvalue weighted by molar-refractivity contribution is 6.32. The van der Waals surface area contributed by atoms with Crippen molar-refractivity contribution in [2.75, 3.05) is 13.1 Å². The van der Waals surface area contributed by atoms with Crippen LogP contribution in [0.15, 0.2) is 16.7 Å². The number of halogens is 1. The molecule has 2 heterocycles. The molecule has 1 amide bonds. The quantitative estimate of drug-likeness (QED) is 0.928. The predicted octanol–water partition coefficient (Wildman–Crippen LogP) is 2.90. The minimum absolute atomic E-state index is 0.0583. The van der Waals surface area contributed by atoms with E-state index in [1.807, 2.05) is 6.92 Å². The number of carbonyl (C=O) groups excluding carboxylic acids is 1. The van der Waals surface area contributed by atoms with Crippen molar-refractivity contribution in [1.82, 2.24) is 4.90 Å². The summed E-state index contributed by atoms with van der Waals surface area (Å²) in [5.74, 6) is -0.660. The third-order valence-corrected chi connectivity index (χ3v) is 4.19. The molecule has 20 heavy (non-hydrogen) atoms. The second-order valence-electron chi connectivity index (χ2n) is 5.34. The Morgan fingerprint density at radius 2 is 2.35 bits per heavy atom. The van der Waals surface area contributed by atoms with E-state index in [-0.39, 0.29) is 29.4 Å². The summed E-state index contributed by atoms with van der Waals surface area (Å²) in [6.45, 7) is 3.18. The van der Waals surface area contributed by atoms with Crippen LogP contribution in [0, 0.1) is 11.8 Å². The Morgan fingerprint density at radius 3 is 2.95 bits per heavy atom. The molecule has 2 unspecified atom stereocenters. The number of aliphatic carboxylic acids is 1. The molecular weight excluding hydrogens is 282 g/mol. The van der Waals surface area contributed by atoms with E-state index >= 15 is 0 Å². The number of carbonyl (C=O) groups is 2. The van der Waals surface area contributed by atoms with Crippen molar-refractivity contribution in [2.24, 2.45) is 11.8 Å². The zero-order chi connectivity index (χ0) is 14.7. The molecule has 1 aromatic rings. The van der Waals surface area contributed by atoms with Gasteiger partial charge in [-0.15, -0.1) is 0 Å². The van der Waals surface area contributed by atoms with Crippen LogP contribution in [0.4, 0.5) is 0 Å². The monoisotopic (exact) mass is 299 g/mol. The summed E-state index contributed by atoms with van der Waals surface area (Å²) in [7, 11) is 0. The second kappa shape index (κ2) is 6.31. The maximum atomic E-state index is 12.3. The fourth-order valence-corrected chi connectivity index (χ4v) is 2.91. The lowest BCUT2D eigenvalue weighted by Crippen LogP contribution is -2.42. The SMILES string of the molecule is CC(CC(=O)O)C1CCCN(C(=O)c2ccoc2Cl)C1. The molecule has 6 heteroatoms. The van der Waals surface area contributed by atoms with Gasteiger partial charge in [0.05, 0.1) is 11.8 Å². The molecule has 0 bridgehead atoms. The first-order valence-corrected chi connectivity index (χ1v) is 7.11. The lowest BCUT2D eigenvalue weighted by Gasteiger charge is -2.35. The van der Waals surface area contributed by atoms with E-state index in [1.165, 1.54) is 6.26 Å². The molecule has 1 aliphatic rings. The molecular formula is C14H18ClNO4. The Morgan fingerprint density at radius 1 is 1.60 bits per heavy atom. The molecule has 2 atom stereocenters. The Kier molecular flexibility index (Phi) is 4.70. The summed E-state index contributed by atoms with van der Waals surface area (Å²) in [4.78, 5) is 24.9. The van der Waals surface area contributed by atoms with Crippen molar-refractivity contribution in [2.45, 2.75) is 26.2 Å². The second-order valence-corrected chi connectivity index (χ2v) is 5.68. The topological polar surface area (TPSA) is 70.8 Å². The third kappa shape index (κ3) is 3.33.